The monoisotopic (exact) mass is 245 g/mol. The third-order valence-corrected chi connectivity index (χ3v) is 4.53. The van der Waals surface area contributed by atoms with Crippen LogP contribution in [0.2, 0.25) is 0 Å². The molecule has 2 fully saturated rings. The maximum Gasteiger partial charge on any atom is 0.0589 e. The summed E-state index contributed by atoms with van der Waals surface area (Å²) in [6, 6.07) is 9.06. The fourth-order valence-electron chi connectivity index (χ4n) is 3.27. The Labute approximate surface area is 110 Å². The number of rotatable bonds is 3. The first-order chi connectivity index (χ1) is 8.68. The molecule has 0 aliphatic carbocycles. The Bertz CT molecular complexity index is 408. The van der Waals surface area contributed by atoms with Crippen LogP contribution in [0.5, 0.6) is 0 Å². The molecule has 3 rings (SSSR count). The first kappa shape index (κ1) is 12.2. The van der Waals surface area contributed by atoms with Crippen molar-refractivity contribution in [1.82, 2.24) is 5.32 Å². The van der Waals surface area contributed by atoms with Crippen LogP contribution >= 0.6 is 0 Å². The van der Waals surface area contributed by atoms with E-state index in [2.05, 4.69) is 43.4 Å². The van der Waals surface area contributed by atoms with Crippen molar-refractivity contribution in [1.29, 1.82) is 0 Å². The molecule has 0 bridgehead atoms. The zero-order chi connectivity index (χ0) is 12.6. The Kier molecular flexibility index (Phi) is 3.16. The zero-order valence-electron chi connectivity index (χ0n) is 11.4. The van der Waals surface area contributed by atoms with Crippen molar-refractivity contribution in [2.75, 3.05) is 13.1 Å². The molecule has 2 nitrogen and oxygen atoms in total. The van der Waals surface area contributed by atoms with Gasteiger partial charge in [-0.1, -0.05) is 29.8 Å². The van der Waals surface area contributed by atoms with Gasteiger partial charge in [0.2, 0.25) is 0 Å². The minimum Gasteiger partial charge on any atom is -0.375 e. The molecule has 2 aliphatic rings. The summed E-state index contributed by atoms with van der Waals surface area (Å²) >= 11 is 0. The molecule has 0 amide bonds. The fraction of sp³-hybridized carbons (Fsp3) is 0.625. The normalized spacial score (nSPS) is 30.1. The summed E-state index contributed by atoms with van der Waals surface area (Å²) in [5.74, 6) is 0. The van der Waals surface area contributed by atoms with E-state index < -0.39 is 0 Å². The number of hydrogen-bond donors (Lipinski definition) is 1. The first-order valence-corrected chi connectivity index (χ1v) is 7.11. The molecular formula is C16H23NO. The van der Waals surface area contributed by atoms with Crippen LogP contribution in [0.25, 0.3) is 0 Å². The summed E-state index contributed by atoms with van der Waals surface area (Å²) < 4.78 is 6.01. The molecule has 98 valence electrons. The van der Waals surface area contributed by atoms with Crippen molar-refractivity contribution in [2.24, 2.45) is 0 Å². The molecule has 1 N–H and O–H groups in total. The number of hydrogen-bond acceptors (Lipinski definition) is 2. The van der Waals surface area contributed by atoms with Crippen LogP contribution < -0.4 is 5.32 Å². The van der Waals surface area contributed by atoms with Crippen molar-refractivity contribution in [2.45, 2.75) is 50.7 Å². The number of nitrogens with one attached hydrogen (secondary N) is 1. The molecule has 0 radical (unpaired) electrons. The Hall–Kier alpha value is -0.860. The second kappa shape index (κ2) is 4.67. The SMILES string of the molecule is Cc1ccc(C2(CC3CCC(C)O3)CNC2)cc1. The highest BCUT2D eigenvalue weighted by atomic mass is 16.5. The van der Waals surface area contributed by atoms with E-state index in [0.29, 0.717) is 17.6 Å². The van der Waals surface area contributed by atoms with Crippen molar-refractivity contribution >= 4 is 0 Å². The van der Waals surface area contributed by atoms with Gasteiger partial charge in [0.25, 0.3) is 0 Å². The number of ether oxygens (including phenoxy) is 1. The van der Waals surface area contributed by atoms with Gasteiger partial charge in [0.15, 0.2) is 0 Å². The molecule has 2 heterocycles. The topological polar surface area (TPSA) is 21.3 Å². The summed E-state index contributed by atoms with van der Waals surface area (Å²) in [6.45, 7) is 6.55. The lowest BCUT2D eigenvalue weighted by Gasteiger charge is -2.44. The highest BCUT2D eigenvalue weighted by Gasteiger charge is 2.41. The predicted molar refractivity (Wildman–Crippen MR) is 73.9 cm³/mol. The van der Waals surface area contributed by atoms with Crippen LogP contribution in [-0.2, 0) is 10.2 Å². The lowest BCUT2D eigenvalue weighted by atomic mass is 9.71. The summed E-state index contributed by atoms with van der Waals surface area (Å²) in [5.41, 5.74) is 3.14. The quantitative estimate of drug-likeness (QED) is 0.884. The summed E-state index contributed by atoms with van der Waals surface area (Å²) in [4.78, 5) is 0. The van der Waals surface area contributed by atoms with Gasteiger partial charge < -0.3 is 10.1 Å². The van der Waals surface area contributed by atoms with E-state index in [1.165, 1.54) is 30.4 Å². The van der Waals surface area contributed by atoms with Crippen LogP contribution in [0.4, 0.5) is 0 Å². The maximum absolute atomic E-state index is 6.01. The van der Waals surface area contributed by atoms with Crippen LogP contribution in [0.3, 0.4) is 0 Å². The Balaban J connectivity index is 1.75. The average Bonchev–Trinajstić information content (AvgIpc) is 2.71. The Morgan fingerprint density at radius 1 is 1.22 bits per heavy atom. The van der Waals surface area contributed by atoms with Crippen LogP contribution in [0, 0.1) is 6.92 Å². The molecule has 0 spiro atoms. The Morgan fingerprint density at radius 2 is 1.94 bits per heavy atom. The van der Waals surface area contributed by atoms with Crippen molar-refractivity contribution in [3.8, 4) is 0 Å². The van der Waals surface area contributed by atoms with Crippen molar-refractivity contribution in [3.05, 3.63) is 35.4 Å². The van der Waals surface area contributed by atoms with E-state index in [1.807, 2.05) is 0 Å². The molecule has 2 atom stereocenters. The Morgan fingerprint density at radius 3 is 2.44 bits per heavy atom. The minimum absolute atomic E-state index is 0.322. The lowest BCUT2D eigenvalue weighted by molar-refractivity contribution is 0.0273. The molecule has 1 aromatic carbocycles. The highest BCUT2D eigenvalue weighted by Crippen LogP contribution is 2.37. The van der Waals surface area contributed by atoms with E-state index in [0.717, 1.165) is 13.1 Å². The van der Waals surface area contributed by atoms with Crippen molar-refractivity contribution in [3.63, 3.8) is 0 Å². The van der Waals surface area contributed by atoms with E-state index in [-0.39, 0.29) is 0 Å². The van der Waals surface area contributed by atoms with Gasteiger partial charge in [0.05, 0.1) is 12.2 Å². The average molecular weight is 245 g/mol. The molecule has 0 aromatic heterocycles. The number of benzene rings is 1. The van der Waals surface area contributed by atoms with E-state index in [1.54, 1.807) is 0 Å². The van der Waals surface area contributed by atoms with E-state index in [9.17, 15) is 0 Å². The van der Waals surface area contributed by atoms with Gasteiger partial charge in [0, 0.05) is 18.5 Å². The van der Waals surface area contributed by atoms with Gasteiger partial charge in [-0.05, 0) is 38.7 Å². The third kappa shape index (κ3) is 2.19. The fourth-order valence-corrected chi connectivity index (χ4v) is 3.27. The highest BCUT2D eigenvalue weighted by molar-refractivity contribution is 5.32. The van der Waals surface area contributed by atoms with Gasteiger partial charge in [0.1, 0.15) is 0 Å². The first-order valence-electron chi connectivity index (χ1n) is 7.11. The van der Waals surface area contributed by atoms with Crippen LogP contribution in [0.15, 0.2) is 24.3 Å². The molecule has 2 aliphatic heterocycles. The second-order valence-electron chi connectivity index (χ2n) is 6.10. The zero-order valence-corrected chi connectivity index (χ0v) is 11.4. The summed E-state index contributed by atoms with van der Waals surface area (Å²) in [5, 5.41) is 3.44. The largest absolute Gasteiger partial charge is 0.375 e. The molecule has 1 aromatic rings. The van der Waals surface area contributed by atoms with E-state index >= 15 is 0 Å². The second-order valence-corrected chi connectivity index (χ2v) is 6.10. The van der Waals surface area contributed by atoms with E-state index in [4.69, 9.17) is 4.74 Å². The van der Waals surface area contributed by atoms with Crippen molar-refractivity contribution < 1.29 is 4.74 Å². The molecular weight excluding hydrogens is 222 g/mol. The molecule has 0 saturated carbocycles. The van der Waals surface area contributed by atoms with Gasteiger partial charge in [-0.25, -0.2) is 0 Å². The van der Waals surface area contributed by atoms with Crippen LogP contribution in [0.1, 0.15) is 37.3 Å². The molecule has 18 heavy (non-hydrogen) atoms. The third-order valence-electron chi connectivity index (χ3n) is 4.53. The lowest BCUT2D eigenvalue weighted by Crippen LogP contribution is -2.58. The summed E-state index contributed by atoms with van der Waals surface area (Å²) in [7, 11) is 0. The van der Waals surface area contributed by atoms with Gasteiger partial charge in [-0.2, -0.15) is 0 Å². The van der Waals surface area contributed by atoms with Crippen LogP contribution in [-0.4, -0.2) is 25.3 Å². The van der Waals surface area contributed by atoms with Gasteiger partial charge >= 0.3 is 0 Å². The minimum atomic E-state index is 0.322. The van der Waals surface area contributed by atoms with Gasteiger partial charge in [-0.3, -0.25) is 0 Å². The predicted octanol–water partition coefficient (Wildman–Crippen LogP) is 2.79. The summed E-state index contributed by atoms with van der Waals surface area (Å²) in [6.07, 6.45) is 4.55. The molecule has 2 unspecified atom stereocenters. The molecule has 2 saturated heterocycles. The molecule has 2 heteroatoms. The maximum atomic E-state index is 6.01. The smallest absolute Gasteiger partial charge is 0.0589 e. The van der Waals surface area contributed by atoms with Gasteiger partial charge in [-0.15, -0.1) is 0 Å². The number of aryl methyl sites for hydroxylation is 1. The standard InChI is InChI=1S/C16H23NO/c1-12-3-6-14(7-4-12)16(10-17-11-16)9-15-8-5-13(2)18-15/h3-4,6-7,13,15,17H,5,8-11H2,1-2H3.